The van der Waals surface area contributed by atoms with E-state index in [-0.39, 0.29) is 18.4 Å². The minimum atomic E-state index is -0.832. The summed E-state index contributed by atoms with van der Waals surface area (Å²) in [5, 5.41) is 8.09. The summed E-state index contributed by atoms with van der Waals surface area (Å²) >= 11 is 0. The van der Waals surface area contributed by atoms with Gasteiger partial charge in [-0.15, -0.1) is 0 Å². The van der Waals surface area contributed by atoms with Crippen LogP contribution in [0.4, 0.5) is 16.2 Å². The summed E-state index contributed by atoms with van der Waals surface area (Å²) in [6.07, 6.45) is 2.40. The average molecular weight is 372 g/mol. The van der Waals surface area contributed by atoms with Gasteiger partial charge in [-0.05, 0) is 38.0 Å². The van der Waals surface area contributed by atoms with Gasteiger partial charge in [0, 0.05) is 5.69 Å². The second kappa shape index (κ2) is 6.26. The Kier molecular flexibility index (Phi) is 4.01. The van der Waals surface area contributed by atoms with Crippen molar-refractivity contribution >= 4 is 35.1 Å². The van der Waals surface area contributed by atoms with Gasteiger partial charge in [-0.1, -0.05) is 12.8 Å². The lowest BCUT2D eigenvalue weighted by atomic mass is 9.98. The SMILES string of the molecule is C[C@@H]1Oc2ccc(NC(=O)CN3C(=O)NC4(CCCC4)C3=O)cc2NC1=O. The molecule has 9 heteroatoms. The number of anilines is 2. The van der Waals surface area contributed by atoms with E-state index in [2.05, 4.69) is 16.0 Å². The van der Waals surface area contributed by atoms with Gasteiger partial charge in [0.1, 0.15) is 17.8 Å². The van der Waals surface area contributed by atoms with Crippen LogP contribution in [-0.2, 0) is 14.4 Å². The number of nitrogens with one attached hydrogen (secondary N) is 3. The topological polar surface area (TPSA) is 117 Å². The fourth-order valence-electron chi connectivity index (χ4n) is 3.77. The molecule has 0 bridgehead atoms. The second-order valence-corrected chi connectivity index (χ2v) is 7.12. The predicted molar refractivity (Wildman–Crippen MR) is 95.2 cm³/mol. The predicted octanol–water partition coefficient (Wildman–Crippen LogP) is 1.21. The van der Waals surface area contributed by atoms with Crippen LogP contribution >= 0.6 is 0 Å². The number of hydrogen-bond donors (Lipinski definition) is 3. The molecule has 1 aromatic rings. The zero-order valence-electron chi connectivity index (χ0n) is 14.8. The molecule has 2 fully saturated rings. The third-order valence-electron chi connectivity index (χ3n) is 5.20. The van der Waals surface area contributed by atoms with Gasteiger partial charge in [0.05, 0.1) is 5.69 Å². The van der Waals surface area contributed by atoms with Crippen molar-refractivity contribution in [1.29, 1.82) is 0 Å². The Hall–Kier alpha value is -3.10. The summed E-state index contributed by atoms with van der Waals surface area (Å²) in [6, 6.07) is 4.31. The van der Waals surface area contributed by atoms with Crippen LogP contribution in [0.25, 0.3) is 0 Å². The number of urea groups is 1. The number of benzene rings is 1. The molecule has 1 atom stereocenters. The van der Waals surface area contributed by atoms with Crippen LogP contribution in [0.1, 0.15) is 32.6 Å². The average Bonchev–Trinajstić information content (AvgIpc) is 3.17. The summed E-state index contributed by atoms with van der Waals surface area (Å²) < 4.78 is 5.46. The number of hydrogen-bond acceptors (Lipinski definition) is 5. The first kappa shape index (κ1) is 17.3. The lowest BCUT2D eigenvalue weighted by molar-refractivity contribution is -0.133. The molecule has 0 radical (unpaired) electrons. The van der Waals surface area contributed by atoms with Crippen LogP contribution in [0, 0.1) is 0 Å². The summed E-state index contributed by atoms with van der Waals surface area (Å²) in [5.74, 6) is -0.588. The van der Waals surface area contributed by atoms with Crippen LogP contribution < -0.4 is 20.7 Å². The molecule has 0 aromatic heterocycles. The molecule has 5 amide bonds. The lowest BCUT2D eigenvalue weighted by Crippen LogP contribution is -2.44. The highest BCUT2D eigenvalue weighted by molar-refractivity contribution is 6.10. The molecule has 0 unspecified atom stereocenters. The van der Waals surface area contributed by atoms with Crippen LogP contribution in [0.15, 0.2) is 18.2 Å². The first-order valence-corrected chi connectivity index (χ1v) is 8.93. The molecule has 3 aliphatic rings. The first-order valence-electron chi connectivity index (χ1n) is 8.93. The molecule has 1 saturated heterocycles. The molecule has 1 aliphatic carbocycles. The maximum atomic E-state index is 12.6. The third kappa shape index (κ3) is 2.98. The largest absolute Gasteiger partial charge is 0.479 e. The highest BCUT2D eigenvalue weighted by atomic mass is 16.5. The smallest absolute Gasteiger partial charge is 0.325 e. The van der Waals surface area contributed by atoms with Crippen molar-refractivity contribution in [2.24, 2.45) is 0 Å². The number of nitrogens with zero attached hydrogens (tertiary/aromatic N) is 1. The van der Waals surface area contributed by atoms with Gasteiger partial charge >= 0.3 is 6.03 Å². The number of fused-ring (bicyclic) bond motifs is 1. The molecular formula is C18H20N4O5. The molecule has 1 saturated carbocycles. The van der Waals surface area contributed by atoms with Crippen LogP contribution in [0.2, 0.25) is 0 Å². The lowest BCUT2D eigenvalue weighted by Gasteiger charge is -2.23. The van der Waals surface area contributed by atoms with Crippen molar-refractivity contribution in [3.8, 4) is 5.75 Å². The van der Waals surface area contributed by atoms with E-state index >= 15 is 0 Å². The number of rotatable bonds is 3. The molecule has 142 valence electrons. The Morgan fingerprint density at radius 3 is 2.78 bits per heavy atom. The monoisotopic (exact) mass is 372 g/mol. The molecule has 27 heavy (non-hydrogen) atoms. The molecular weight excluding hydrogens is 352 g/mol. The molecule has 2 aliphatic heterocycles. The fourth-order valence-corrected chi connectivity index (χ4v) is 3.77. The normalized spacial score (nSPS) is 22.9. The molecule has 1 spiro atoms. The number of ether oxygens (including phenoxy) is 1. The minimum Gasteiger partial charge on any atom is -0.479 e. The van der Waals surface area contributed by atoms with Gasteiger partial charge < -0.3 is 20.7 Å². The van der Waals surface area contributed by atoms with Crippen molar-refractivity contribution in [3.63, 3.8) is 0 Å². The number of carbonyl (C=O) groups is 4. The Labute approximate surface area is 155 Å². The third-order valence-corrected chi connectivity index (χ3v) is 5.20. The fraction of sp³-hybridized carbons (Fsp3) is 0.444. The van der Waals surface area contributed by atoms with E-state index in [0.29, 0.717) is 30.0 Å². The standard InChI is InChI=1S/C18H20N4O5/c1-10-15(24)20-12-8-11(4-5-13(12)27-10)19-14(23)9-22-16(25)18(21-17(22)26)6-2-3-7-18/h4-5,8,10H,2-3,6-7,9H2,1H3,(H,19,23)(H,20,24)(H,21,26)/t10-/m0/s1. The van der Waals surface area contributed by atoms with Crippen molar-refractivity contribution in [1.82, 2.24) is 10.2 Å². The van der Waals surface area contributed by atoms with Gasteiger partial charge in [0.15, 0.2) is 6.10 Å². The van der Waals surface area contributed by atoms with Crippen LogP contribution in [0.5, 0.6) is 5.75 Å². The Bertz CT molecular complexity index is 846. The van der Waals surface area contributed by atoms with Gasteiger partial charge in [0.25, 0.3) is 11.8 Å². The Morgan fingerprint density at radius 2 is 2.04 bits per heavy atom. The highest BCUT2D eigenvalue weighted by Crippen LogP contribution is 2.35. The van der Waals surface area contributed by atoms with E-state index < -0.39 is 23.6 Å². The van der Waals surface area contributed by atoms with Gasteiger partial charge in [0.2, 0.25) is 5.91 Å². The van der Waals surface area contributed by atoms with E-state index in [0.717, 1.165) is 17.7 Å². The highest BCUT2D eigenvalue weighted by Gasteiger charge is 2.52. The van der Waals surface area contributed by atoms with Crippen molar-refractivity contribution in [2.75, 3.05) is 17.2 Å². The van der Waals surface area contributed by atoms with Crippen molar-refractivity contribution in [3.05, 3.63) is 18.2 Å². The summed E-state index contributed by atoms with van der Waals surface area (Å²) in [5.41, 5.74) is 0.0530. The quantitative estimate of drug-likeness (QED) is 0.690. The molecule has 1 aromatic carbocycles. The molecule has 3 N–H and O–H groups in total. The maximum absolute atomic E-state index is 12.6. The van der Waals surface area contributed by atoms with Gasteiger partial charge in [-0.3, -0.25) is 19.3 Å². The number of amides is 5. The summed E-state index contributed by atoms with van der Waals surface area (Å²) in [4.78, 5) is 49.7. The zero-order valence-corrected chi connectivity index (χ0v) is 14.8. The summed E-state index contributed by atoms with van der Waals surface area (Å²) in [7, 11) is 0. The van der Waals surface area contributed by atoms with E-state index in [1.165, 1.54) is 0 Å². The maximum Gasteiger partial charge on any atom is 0.325 e. The number of carbonyl (C=O) groups excluding carboxylic acids is 4. The van der Waals surface area contributed by atoms with Crippen LogP contribution in [-0.4, -0.2) is 46.8 Å². The first-order chi connectivity index (χ1) is 12.9. The molecule has 4 rings (SSSR count). The zero-order chi connectivity index (χ0) is 19.2. The Balaban J connectivity index is 1.43. The van der Waals surface area contributed by atoms with Crippen molar-refractivity contribution in [2.45, 2.75) is 44.2 Å². The van der Waals surface area contributed by atoms with Gasteiger partial charge in [-0.2, -0.15) is 0 Å². The van der Waals surface area contributed by atoms with E-state index in [4.69, 9.17) is 4.74 Å². The summed E-state index contributed by atoms with van der Waals surface area (Å²) in [6.45, 7) is 1.28. The Morgan fingerprint density at radius 1 is 1.30 bits per heavy atom. The molecule has 9 nitrogen and oxygen atoms in total. The van der Waals surface area contributed by atoms with E-state index in [9.17, 15) is 19.2 Å². The minimum absolute atomic E-state index is 0.271. The van der Waals surface area contributed by atoms with E-state index in [1.807, 2.05) is 0 Å². The van der Waals surface area contributed by atoms with Gasteiger partial charge in [-0.25, -0.2) is 4.79 Å². The van der Waals surface area contributed by atoms with Crippen molar-refractivity contribution < 1.29 is 23.9 Å². The second-order valence-electron chi connectivity index (χ2n) is 7.12. The molecule has 2 heterocycles. The van der Waals surface area contributed by atoms with Crippen LogP contribution in [0.3, 0.4) is 0 Å². The number of imide groups is 1. The van der Waals surface area contributed by atoms with E-state index in [1.54, 1.807) is 25.1 Å².